The maximum absolute atomic E-state index is 11.7. The van der Waals surface area contributed by atoms with Crippen LogP contribution in [0, 0.1) is 0 Å². The fraction of sp³-hybridized carbons (Fsp3) is 0.400. The van der Waals surface area contributed by atoms with Crippen molar-refractivity contribution in [2.75, 3.05) is 6.26 Å². The normalized spacial score (nSPS) is 11.9. The van der Waals surface area contributed by atoms with Gasteiger partial charge in [-0.2, -0.15) is 0 Å². The minimum atomic E-state index is -0.315. The molecule has 3 heteroatoms. The molecule has 0 aliphatic rings. The maximum atomic E-state index is 11.7. The van der Waals surface area contributed by atoms with Crippen molar-refractivity contribution in [1.29, 1.82) is 0 Å². The molecule has 1 aromatic rings. The predicted octanol–water partition coefficient (Wildman–Crippen LogP) is 4.37. The van der Waals surface area contributed by atoms with Crippen LogP contribution in [0.5, 0.6) is 0 Å². The number of benzene rings is 1. The standard InChI is InChI=1S/C15H20O2S/c1-5-8-13(17-15(16)11(2)3)12-9-6-7-10-14(12)18-4/h6-7,9-10,13H,2,5,8H2,1,3-4H3. The fourth-order valence-corrected chi connectivity index (χ4v) is 2.35. The van der Waals surface area contributed by atoms with E-state index in [2.05, 4.69) is 19.6 Å². The van der Waals surface area contributed by atoms with Gasteiger partial charge in [0.25, 0.3) is 0 Å². The van der Waals surface area contributed by atoms with Gasteiger partial charge >= 0.3 is 5.97 Å². The first kappa shape index (κ1) is 14.8. The summed E-state index contributed by atoms with van der Waals surface area (Å²) in [5, 5.41) is 0. The van der Waals surface area contributed by atoms with Crippen LogP contribution in [0.15, 0.2) is 41.3 Å². The molecule has 0 saturated heterocycles. The summed E-state index contributed by atoms with van der Waals surface area (Å²) in [5.41, 5.74) is 1.53. The zero-order valence-electron chi connectivity index (χ0n) is 11.2. The van der Waals surface area contributed by atoms with Crippen molar-refractivity contribution in [2.24, 2.45) is 0 Å². The second-order valence-electron chi connectivity index (χ2n) is 4.20. The van der Waals surface area contributed by atoms with Gasteiger partial charge in [0, 0.05) is 16.0 Å². The van der Waals surface area contributed by atoms with Gasteiger partial charge in [0.05, 0.1) is 0 Å². The van der Waals surface area contributed by atoms with Gasteiger partial charge in [-0.25, -0.2) is 4.79 Å². The van der Waals surface area contributed by atoms with Crippen molar-refractivity contribution >= 4 is 17.7 Å². The van der Waals surface area contributed by atoms with Crippen LogP contribution in [-0.4, -0.2) is 12.2 Å². The highest BCUT2D eigenvalue weighted by Crippen LogP contribution is 2.31. The molecule has 0 saturated carbocycles. The van der Waals surface area contributed by atoms with Gasteiger partial charge < -0.3 is 4.74 Å². The minimum absolute atomic E-state index is 0.178. The second kappa shape index (κ2) is 7.27. The van der Waals surface area contributed by atoms with Gasteiger partial charge in [0.1, 0.15) is 6.10 Å². The molecule has 0 N–H and O–H groups in total. The highest BCUT2D eigenvalue weighted by molar-refractivity contribution is 7.98. The average molecular weight is 264 g/mol. The molecule has 0 aliphatic heterocycles. The third-order valence-corrected chi connectivity index (χ3v) is 3.45. The van der Waals surface area contributed by atoms with E-state index < -0.39 is 0 Å². The van der Waals surface area contributed by atoms with E-state index in [0.29, 0.717) is 5.57 Å². The summed E-state index contributed by atoms with van der Waals surface area (Å²) in [6.07, 6.45) is 3.65. The van der Waals surface area contributed by atoms with E-state index >= 15 is 0 Å². The molecule has 1 unspecified atom stereocenters. The predicted molar refractivity (Wildman–Crippen MR) is 76.8 cm³/mol. The Labute approximate surface area is 113 Å². The molecule has 0 heterocycles. The number of carbonyl (C=O) groups is 1. The van der Waals surface area contributed by atoms with E-state index in [4.69, 9.17) is 4.74 Å². The summed E-state index contributed by atoms with van der Waals surface area (Å²) in [6, 6.07) is 8.06. The van der Waals surface area contributed by atoms with Crippen LogP contribution >= 0.6 is 11.8 Å². The molecule has 1 atom stereocenters. The number of thioether (sulfide) groups is 1. The van der Waals surface area contributed by atoms with Gasteiger partial charge in [-0.05, 0) is 25.7 Å². The number of ether oxygens (including phenoxy) is 1. The molecule has 0 bridgehead atoms. The van der Waals surface area contributed by atoms with Gasteiger partial charge in [0.2, 0.25) is 0 Å². The Hall–Kier alpha value is -1.22. The molecule has 1 rings (SSSR count). The molecule has 18 heavy (non-hydrogen) atoms. The third kappa shape index (κ3) is 3.91. The van der Waals surface area contributed by atoms with Crippen molar-refractivity contribution in [3.8, 4) is 0 Å². The van der Waals surface area contributed by atoms with Crippen LogP contribution in [0.1, 0.15) is 38.4 Å². The van der Waals surface area contributed by atoms with E-state index in [1.165, 1.54) is 0 Å². The summed E-state index contributed by atoms with van der Waals surface area (Å²) in [7, 11) is 0. The average Bonchev–Trinajstić information content (AvgIpc) is 2.38. The summed E-state index contributed by atoms with van der Waals surface area (Å²) in [6.45, 7) is 7.38. The Kier molecular flexibility index (Phi) is 5.99. The number of hydrogen-bond donors (Lipinski definition) is 0. The summed E-state index contributed by atoms with van der Waals surface area (Å²) < 4.78 is 5.53. The zero-order valence-corrected chi connectivity index (χ0v) is 12.0. The Bertz CT molecular complexity index is 426. The Balaban J connectivity index is 2.96. The van der Waals surface area contributed by atoms with Crippen LogP contribution < -0.4 is 0 Å². The van der Waals surface area contributed by atoms with Crippen molar-refractivity contribution in [2.45, 2.75) is 37.7 Å². The van der Waals surface area contributed by atoms with E-state index in [-0.39, 0.29) is 12.1 Å². The van der Waals surface area contributed by atoms with Crippen molar-refractivity contribution < 1.29 is 9.53 Å². The molecular weight excluding hydrogens is 244 g/mol. The highest BCUT2D eigenvalue weighted by Gasteiger charge is 2.18. The zero-order chi connectivity index (χ0) is 13.5. The van der Waals surface area contributed by atoms with Crippen molar-refractivity contribution in [3.05, 3.63) is 42.0 Å². The van der Waals surface area contributed by atoms with Crippen LogP contribution in [-0.2, 0) is 9.53 Å². The lowest BCUT2D eigenvalue weighted by atomic mass is 10.0. The quantitative estimate of drug-likeness (QED) is 0.433. The smallest absolute Gasteiger partial charge is 0.333 e. The molecule has 0 amide bonds. The molecule has 0 aliphatic carbocycles. The Morgan fingerprint density at radius 3 is 2.67 bits per heavy atom. The number of hydrogen-bond acceptors (Lipinski definition) is 3. The lowest BCUT2D eigenvalue weighted by Crippen LogP contribution is -2.12. The first-order valence-electron chi connectivity index (χ1n) is 6.09. The van der Waals surface area contributed by atoms with Gasteiger partial charge in [0.15, 0.2) is 0 Å². The van der Waals surface area contributed by atoms with Crippen LogP contribution in [0.25, 0.3) is 0 Å². The van der Waals surface area contributed by atoms with E-state index in [1.807, 2.05) is 24.5 Å². The third-order valence-electron chi connectivity index (χ3n) is 2.63. The lowest BCUT2D eigenvalue weighted by molar-refractivity contribution is -0.145. The van der Waals surface area contributed by atoms with E-state index in [0.717, 1.165) is 23.3 Å². The fourth-order valence-electron chi connectivity index (χ4n) is 1.70. The molecular formula is C15H20O2S. The summed E-state index contributed by atoms with van der Waals surface area (Å²) in [5.74, 6) is -0.315. The lowest BCUT2D eigenvalue weighted by Gasteiger charge is -2.20. The molecule has 0 fully saturated rings. The van der Waals surface area contributed by atoms with Crippen molar-refractivity contribution in [1.82, 2.24) is 0 Å². The molecule has 0 radical (unpaired) electrons. The molecule has 2 nitrogen and oxygen atoms in total. The number of rotatable bonds is 6. The number of esters is 1. The summed E-state index contributed by atoms with van der Waals surface area (Å²) in [4.78, 5) is 12.8. The Morgan fingerprint density at radius 1 is 1.44 bits per heavy atom. The first-order valence-corrected chi connectivity index (χ1v) is 7.32. The minimum Gasteiger partial charge on any atom is -0.454 e. The van der Waals surface area contributed by atoms with Gasteiger partial charge in [-0.1, -0.05) is 38.1 Å². The topological polar surface area (TPSA) is 26.3 Å². The SMILES string of the molecule is C=C(C)C(=O)OC(CCC)c1ccccc1SC. The largest absolute Gasteiger partial charge is 0.454 e. The monoisotopic (exact) mass is 264 g/mol. The van der Waals surface area contributed by atoms with Crippen LogP contribution in [0.3, 0.4) is 0 Å². The number of carbonyl (C=O) groups excluding carboxylic acids is 1. The molecule has 1 aromatic carbocycles. The highest BCUT2D eigenvalue weighted by atomic mass is 32.2. The molecule has 0 aromatic heterocycles. The van der Waals surface area contributed by atoms with Crippen molar-refractivity contribution in [3.63, 3.8) is 0 Å². The molecule has 98 valence electrons. The van der Waals surface area contributed by atoms with E-state index in [9.17, 15) is 4.79 Å². The van der Waals surface area contributed by atoms with E-state index in [1.54, 1.807) is 18.7 Å². The second-order valence-corrected chi connectivity index (χ2v) is 5.05. The maximum Gasteiger partial charge on any atom is 0.333 e. The van der Waals surface area contributed by atoms with Gasteiger partial charge in [-0.15, -0.1) is 11.8 Å². The van der Waals surface area contributed by atoms with Crippen LogP contribution in [0.4, 0.5) is 0 Å². The molecule has 0 spiro atoms. The summed E-state index contributed by atoms with van der Waals surface area (Å²) >= 11 is 1.67. The van der Waals surface area contributed by atoms with Crippen LogP contribution in [0.2, 0.25) is 0 Å². The van der Waals surface area contributed by atoms with Gasteiger partial charge in [-0.3, -0.25) is 0 Å². The first-order chi connectivity index (χ1) is 8.60. The Morgan fingerprint density at radius 2 is 2.11 bits per heavy atom.